The molecule has 0 radical (unpaired) electrons. The lowest BCUT2D eigenvalue weighted by atomic mass is 9.89. The van der Waals surface area contributed by atoms with Crippen molar-refractivity contribution in [3.05, 3.63) is 32.1 Å². The van der Waals surface area contributed by atoms with E-state index in [0.717, 1.165) is 12.8 Å². The number of aromatic nitrogens is 2. The van der Waals surface area contributed by atoms with Crippen LogP contribution in [0.15, 0.2) is 9.59 Å². The molecule has 1 aromatic rings. The minimum Gasteiger partial charge on any atom is -0.296 e. The maximum atomic E-state index is 11.8. The van der Waals surface area contributed by atoms with Crippen molar-refractivity contribution in [1.82, 2.24) is 9.55 Å². The van der Waals surface area contributed by atoms with Gasteiger partial charge in [0.15, 0.2) is 0 Å². The minimum absolute atomic E-state index is 0.0467. The lowest BCUT2D eigenvalue weighted by Crippen LogP contribution is -2.35. The Kier molecular flexibility index (Phi) is 3.66. The van der Waals surface area contributed by atoms with E-state index in [1.165, 1.54) is 23.8 Å². The average molecular weight is 247 g/mol. The van der Waals surface area contributed by atoms with Crippen LogP contribution >= 0.6 is 0 Å². The van der Waals surface area contributed by atoms with Crippen molar-refractivity contribution in [2.24, 2.45) is 5.92 Å². The number of nitrogens with one attached hydrogen (secondary N) is 1. The van der Waals surface area contributed by atoms with E-state index in [9.17, 15) is 9.59 Å². The summed E-state index contributed by atoms with van der Waals surface area (Å²) in [6, 6.07) is 1.86. The quantitative estimate of drug-likeness (QED) is 0.855. The Hall–Kier alpha value is -1.83. The van der Waals surface area contributed by atoms with Gasteiger partial charge in [0.05, 0.1) is 0 Å². The molecule has 0 bridgehead atoms. The molecule has 1 aliphatic rings. The SMILES string of the molecule is Cc1c(C#N)c(=O)[nH]c(=O)n1CC1CCCCC1. The van der Waals surface area contributed by atoms with Gasteiger partial charge in [0.1, 0.15) is 11.6 Å². The van der Waals surface area contributed by atoms with Crippen LogP contribution in [-0.2, 0) is 6.54 Å². The number of nitriles is 1. The Morgan fingerprint density at radius 1 is 1.33 bits per heavy atom. The number of nitrogens with zero attached hydrogens (tertiary/aromatic N) is 2. The van der Waals surface area contributed by atoms with Gasteiger partial charge in [-0.3, -0.25) is 14.3 Å². The van der Waals surface area contributed by atoms with E-state index in [1.807, 2.05) is 6.07 Å². The van der Waals surface area contributed by atoms with Gasteiger partial charge in [0.2, 0.25) is 0 Å². The first-order valence-corrected chi connectivity index (χ1v) is 6.37. The van der Waals surface area contributed by atoms with Gasteiger partial charge in [0, 0.05) is 12.2 Å². The summed E-state index contributed by atoms with van der Waals surface area (Å²) in [6.07, 6.45) is 5.90. The summed E-state index contributed by atoms with van der Waals surface area (Å²) in [5, 5.41) is 8.94. The second kappa shape index (κ2) is 5.21. The highest BCUT2D eigenvalue weighted by atomic mass is 16.2. The van der Waals surface area contributed by atoms with E-state index in [1.54, 1.807) is 6.92 Å². The van der Waals surface area contributed by atoms with Crippen LogP contribution in [0.25, 0.3) is 0 Å². The molecule has 1 fully saturated rings. The first kappa shape index (κ1) is 12.6. The lowest BCUT2D eigenvalue weighted by molar-refractivity contribution is 0.312. The van der Waals surface area contributed by atoms with Gasteiger partial charge in [-0.15, -0.1) is 0 Å². The molecule has 1 aliphatic carbocycles. The van der Waals surface area contributed by atoms with Crippen LogP contribution in [0, 0.1) is 24.2 Å². The van der Waals surface area contributed by atoms with E-state index >= 15 is 0 Å². The number of hydrogen-bond donors (Lipinski definition) is 1. The molecule has 0 aromatic carbocycles. The second-order valence-electron chi connectivity index (χ2n) is 4.95. The Labute approximate surface area is 105 Å². The Morgan fingerprint density at radius 2 is 2.00 bits per heavy atom. The molecular formula is C13H17N3O2. The van der Waals surface area contributed by atoms with Gasteiger partial charge in [-0.05, 0) is 25.7 Å². The summed E-state index contributed by atoms with van der Waals surface area (Å²) in [5.41, 5.74) is -0.454. The number of hydrogen-bond acceptors (Lipinski definition) is 3. The predicted molar refractivity (Wildman–Crippen MR) is 67.3 cm³/mol. The Bertz CT molecular complexity index is 586. The van der Waals surface area contributed by atoms with Gasteiger partial charge in [-0.1, -0.05) is 19.3 Å². The fourth-order valence-corrected chi connectivity index (χ4v) is 2.66. The van der Waals surface area contributed by atoms with Crippen molar-refractivity contribution in [2.75, 3.05) is 0 Å². The molecule has 0 spiro atoms. The number of aromatic amines is 1. The second-order valence-corrected chi connectivity index (χ2v) is 4.95. The van der Waals surface area contributed by atoms with Gasteiger partial charge < -0.3 is 0 Å². The zero-order chi connectivity index (χ0) is 13.1. The number of H-pyrrole nitrogens is 1. The first-order chi connectivity index (χ1) is 8.63. The number of rotatable bonds is 2. The summed E-state index contributed by atoms with van der Waals surface area (Å²) >= 11 is 0. The van der Waals surface area contributed by atoms with Crippen molar-refractivity contribution < 1.29 is 0 Å². The molecular weight excluding hydrogens is 230 g/mol. The molecule has 5 nitrogen and oxygen atoms in total. The normalized spacial score (nSPS) is 16.4. The molecule has 96 valence electrons. The van der Waals surface area contributed by atoms with Crippen molar-refractivity contribution in [3.63, 3.8) is 0 Å². The molecule has 0 saturated heterocycles. The fourth-order valence-electron chi connectivity index (χ4n) is 2.66. The molecule has 1 aromatic heterocycles. The highest BCUT2D eigenvalue weighted by Crippen LogP contribution is 2.24. The van der Waals surface area contributed by atoms with Crippen molar-refractivity contribution in [1.29, 1.82) is 5.26 Å². The molecule has 0 aliphatic heterocycles. The van der Waals surface area contributed by atoms with Crippen LogP contribution in [0.2, 0.25) is 0 Å². The standard InChI is InChI=1S/C13H17N3O2/c1-9-11(7-14)12(17)15-13(18)16(9)8-10-5-3-2-4-6-10/h10H,2-6,8H2,1H3,(H,15,17,18). The van der Waals surface area contributed by atoms with Crippen LogP contribution < -0.4 is 11.2 Å². The molecule has 18 heavy (non-hydrogen) atoms. The van der Waals surface area contributed by atoms with Crippen molar-refractivity contribution in [2.45, 2.75) is 45.6 Å². The largest absolute Gasteiger partial charge is 0.328 e. The lowest BCUT2D eigenvalue weighted by Gasteiger charge is -2.23. The van der Waals surface area contributed by atoms with Gasteiger partial charge in [-0.25, -0.2) is 4.79 Å². The predicted octanol–water partition coefficient (Wildman–Crippen LogP) is 1.30. The molecule has 1 N–H and O–H groups in total. The fraction of sp³-hybridized carbons (Fsp3) is 0.615. The Morgan fingerprint density at radius 3 is 2.61 bits per heavy atom. The van der Waals surface area contributed by atoms with Gasteiger partial charge in [-0.2, -0.15) is 5.26 Å². The smallest absolute Gasteiger partial charge is 0.296 e. The van der Waals surface area contributed by atoms with Crippen LogP contribution in [-0.4, -0.2) is 9.55 Å². The summed E-state index contributed by atoms with van der Waals surface area (Å²) in [7, 11) is 0. The van der Waals surface area contributed by atoms with E-state index in [-0.39, 0.29) is 5.56 Å². The molecule has 5 heteroatoms. The van der Waals surface area contributed by atoms with E-state index in [0.29, 0.717) is 18.2 Å². The van der Waals surface area contributed by atoms with Gasteiger partial charge >= 0.3 is 5.69 Å². The summed E-state index contributed by atoms with van der Waals surface area (Å²) in [6.45, 7) is 2.27. The summed E-state index contributed by atoms with van der Waals surface area (Å²) < 4.78 is 1.54. The summed E-state index contributed by atoms with van der Waals surface area (Å²) in [5.74, 6) is 0.479. The minimum atomic E-state index is -0.583. The van der Waals surface area contributed by atoms with E-state index in [4.69, 9.17) is 5.26 Å². The average Bonchev–Trinajstić information content (AvgIpc) is 2.36. The maximum Gasteiger partial charge on any atom is 0.328 e. The highest BCUT2D eigenvalue weighted by Gasteiger charge is 2.17. The maximum absolute atomic E-state index is 11.8. The first-order valence-electron chi connectivity index (χ1n) is 6.37. The molecule has 0 unspecified atom stereocenters. The van der Waals surface area contributed by atoms with Crippen LogP contribution in [0.4, 0.5) is 0 Å². The van der Waals surface area contributed by atoms with E-state index in [2.05, 4.69) is 4.98 Å². The highest BCUT2D eigenvalue weighted by molar-refractivity contribution is 5.29. The monoisotopic (exact) mass is 247 g/mol. The van der Waals surface area contributed by atoms with E-state index < -0.39 is 11.2 Å². The third kappa shape index (κ3) is 2.37. The molecule has 0 amide bonds. The van der Waals surface area contributed by atoms with Crippen molar-refractivity contribution >= 4 is 0 Å². The van der Waals surface area contributed by atoms with Crippen LogP contribution in [0.1, 0.15) is 43.4 Å². The summed E-state index contributed by atoms with van der Waals surface area (Å²) in [4.78, 5) is 25.5. The zero-order valence-electron chi connectivity index (χ0n) is 10.5. The third-order valence-corrected chi connectivity index (χ3v) is 3.74. The topological polar surface area (TPSA) is 78.7 Å². The van der Waals surface area contributed by atoms with Crippen molar-refractivity contribution in [3.8, 4) is 6.07 Å². The molecule has 1 heterocycles. The molecule has 0 atom stereocenters. The molecule has 1 saturated carbocycles. The third-order valence-electron chi connectivity index (χ3n) is 3.74. The van der Waals surface area contributed by atoms with Gasteiger partial charge in [0.25, 0.3) is 5.56 Å². The van der Waals surface area contributed by atoms with Crippen LogP contribution in [0.5, 0.6) is 0 Å². The zero-order valence-corrected chi connectivity index (χ0v) is 10.5. The Balaban J connectivity index is 2.36. The van der Waals surface area contributed by atoms with Crippen LogP contribution in [0.3, 0.4) is 0 Å². The molecule has 2 rings (SSSR count).